The summed E-state index contributed by atoms with van der Waals surface area (Å²) in [6.07, 6.45) is 0. The van der Waals surface area contributed by atoms with Crippen molar-refractivity contribution in [3.8, 4) is 11.3 Å². The Hall–Kier alpha value is -4.10. The van der Waals surface area contributed by atoms with E-state index in [0.29, 0.717) is 27.2 Å². The molecule has 4 aromatic rings. The van der Waals surface area contributed by atoms with Crippen molar-refractivity contribution in [1.82, 2.24) is 4.98 Å². The van der Waals surface area contributed by atoms with Crippen LogP contribution in [0, 0.1) is 17.0 Å². The molecule has 0 aliphatic carbocycles. The molecule has 33 heavy (non-hydrogen) atoms. The number of halogens is 1. The summed E-state index contributed by atoms with van der Waals surface area (Å²) in [7, 11) is 0. The van der Waals surface area contributed by atoms with Crippen LogP contribution in [-0.2, 0) is 4.74 Å². The lowest BCUT2D eigenvalue weighted by molar-refractivity contribution is -0.384. The summed E-state index contributed by atoms with van der Waals surface area (Å²) in [6, 6.07) is 19.6. The van der Waals surface area contributed by atoms with Crippen LogP contribution < -0.4 is 0 Å². The number of ether oxygens (including phenoxy) is 1. The third-order valence-corrected chi connectivity index (χ3v) is 5.58. The molecule has 0 radical (unpaired) electrons. The van der Waals surface area contributed by atoms with Gasteiger partial charge in [-0.3, -0.25) is 14.9 Å². The number of nitrogens with zero attached hydrogens (tertiary/aromatic N) is 2. The standard InChI is InChI=1S/C25H17ClN2O5/c1-15-21(26)11-10-19-20(13-22(27-24(15)19)16-6-3-2-4-7-16)25(30)33-14-23(29)17-8-5-9-18(12-17)28(31)32/h2-13H,14H2,1H3. The van der Waals surface area contributed by atoms with Gasteiger partial charge in [-0.25, -0.2) is 9.78 Å². The highest BCUT2D eigenvalue weighted by molar-refractivity contribution is 6.32. The van der Waals surface area contributed by atoms with Crippen molar-refractivity contribution in [3.05, 3.63) is 105 Å². The van der Waals surface area contributed by atoms with E-state index in [2.05, 4.69) is 0 Å². The highest BCUT2D eigenvalue weighted by Gasteiger charge is 2.19. The van der Waals surface area contributed by atoms with Crippen molar-refractivity contribution in [2.45, 2.75) is 6.92 Å². The molecule has 0 bridgehead atoms. The second-order valence-electron chi connectivity index (χ2n) is 7.30. The van der Waals surface area contributed by atoms with Crippen molar-refractivity contribution >= 4 is 39.9 Å². The fraction of sp³-hybridized carbons (Fsp3) is 0.0800. The van der Waals surface area contributed by atoms with Crippen molar-refractivity contribution in [3.63, 3.8) is 0 Å². The summed E-state index contributed by atoms with van der Waals surface area (Å²) < 4.78 is 5.29. The predicted octanol–water partition coefficient (Wildman–Crippen LogP) is 5.81. The average Bonchev–Trinajstić information content (AvgIpc) is 2.84. The molecule has 0 unspecified atom stereocenters. The first-order chi connectivity index (χ1) is 15.8. The molecule has 3 aromatic carbocycles. The minimum atomic E-state index is -0.708. The highest BCUT2D eigenvalue weighted by Crippen LogP contribution is 2.30. The van der Waals surface area contributed by atoms with Crippen LogP contribution in [0.5, 0.6) is 0 Å². The van der Waals surface area contributed by atoms with Crippen molar-refractivity contribution < 1.29 is 19.2 Å². The molecule has 4 rings (SSSR count). The molecule has 1 heterocycles. The smallest absolute Gasteiger partial charge is 0.339 e. The van der Waals surface area contributed by atoms with E-state index in [0.717, 1.165) is 11.6 Å². The normalized spacial score (nSPS) is 10.7. The SMILES string of the molecule is Cc1c(Cl)ccc2c(C(=O)OCC(=O)c3cccc([N+](=O)[O-])c3)cc(-c3ccccc3)nc12. The van der Waals surface area contributed by atoms with Gasteiger partial charge in [0.15, 0.2) is 6.61 Å². The molecule has 0 saturated heterocycles. The Bertz CT molecular complexity index is 1400. The number of ketones is 1. The molecule has 0 aliphatic heterocycles. The number of aryl methyl sites for hydroxylation is 1. The van der Waals surface area contributed by atoms with Gasteiger partial charge in [0.25, 0.3) is 5.69 Å². The number of non-ortho nitro benzene ring substituents is 1. The summed E-state index contributed by atoms with van der Waals surface area (Å²) in [4.78, 5) is 40.5. The zero-order valence-electron chi connectivity index (χ0n) is 17.4. The van der Waals surface area contributed by atoms with Gasteiger partial charge in [0.1, 0.15) is 0 Å². The largest absolute Gasteiger partial charge is 0.454 e. The second-order valence-corrected chi connectivity index (χ2v) is 7.70. The maximum atomic E-state index is 13.0. The number of rotatable bonds is 6. The predicted molar refractivity (Wildman–Crippen MR) is 125 cm³/mol. The topological polar surface area (TPSA) is 99.4 Å². The van der Waals surface area contributed by atoms with Crippen molar-refractivity contribution in [2.75, 3.05) is 6.61 Å². The maximum absolute atomic E-state index is 13.0. The molecular formula is C25H17ClN2O5. The molecule has 8 heteroatoms. The number of esters is 1. The summed E-state index contributed by atoms with van der Waals surface area (Å²) >= 11 is 6.27. The van der Waals surface area contributed by atoms with E-state index in [-0.39, 0.29) is 16.8 Å². The molecule has 0 spiro atoms. The Morgan fingerprint density at radius 2 is 1.79 bits per heavy atom. The van der Waals surface area contributed by atoms with E-state index in [1.165, 1.54) is 18.2 Å². The van der Waals surface area contributed by atoms with Gasteiger partial charge in [0, 0.05) is 33.7 Å². The molecule has 0 aliphatic rings. The molecule has 0 atom stereocenters. The lowest BCUT2D eigenvalue weighted by Crippen LogP contribution is -2.15. The number of hydrogen-bond donors (Lipinski definition) is 0. The minimum absolute atomic E-state index is 0.0872. The number of aromatic nitrogens is 1. The fourth-order valence-electron chi connectivity index (χ4n) is 3.41. The van der Waals surface area contributed by atoms with E-state index in [9.17, 15) is 19.7 Å². The number of Topliss-reactive ketones (excluding diaryl/α,β-unsaturated/α-hetero) is 1. The third-order valence-electron chi connectivity index (χ3n) is 5.17. The second kappa shape index (κ2) is 9.18. The Kier molecular flexibility index (Phi) is 6.15. The van der Waals surface area contributed by atoms with Crippen LogP contribution in [-0.4, -0.2) is 28.3 Å². The molecule has 1 aromatic heterocycles. The Balaban J connectivity index is 1.67. The number of hydrogen-bond acceptors (Lipinski definition) is 6. The first kappa shape index (κ1) is 22.1. The number of pyridine rings is 1. The lowest BCUT2D eigenvalue weighted by atomic mass is 10.0. The molecule has 164 valence electrons. The van der Waals surface area contributed by atoms with E-state index in [1.54, 1.807) is 18.2 Å². The summed E-state index contributed by atoms with van der Waals surface area (Å²) in [5, 5.41) is 12.0. The molecule has 7 nitrogen and oxygen atoms in total. The van der Waals surface area contributed by atoms with Crippen LogP contribution in [0.15, 0.2) is 72.8 Å². The van der Waals surface area contributed by atoms with Gasteiger partial charge in [-0.1, -0.05) is 60.1 Å². The van der Waals surface area contributed by atoms with Gasteiger partial charge >= 0.3 is 5.97 Å². The molecule has 0 N–H and O–H groups in total. The van der Waals surface area contributed by atoms with Crippen LogP contribution in [0.1, 0.15) is 26.3 Å². The van der Waals surface area contributed by atoms with Crippen LogP contribution in [0.3, 0.4) is 0 Å². The van der Waals surface area contributed by atoms with Crippen molar-refractivity contribution in [1.29, 1.82) is 0 Å². The van der Waals surface area contributed by atoms with E-state index in [1.807, 2.05) is 37.3 Å². The van der Waals surface area contributed by atoms with Crippen LogP contribution >= 0.6 is 11.6 Å². The van der Waals surface area contributed by atoms with Crippen LogP contribution in [0.25, 0.3) is 22.2 Å². The van der Waals surface area contributed by atoms with Gasteiger partial charge in [-0.15, -0.1) is 0 Å². The summed E-state index contributed by atoms with van der Waals surface area (Å²) in [5.41, 5.74) is 2.75. The van der Waals surface area contributed by atoms with E-state index in [4.69, 9.17) is 21.3 Å². The Morgan fingerprint density at radius 3 is 2.52 bits per heavy atom. The minimum Gasteiger partial charge on any atom is -0.454 e. The van der Waals surface area contributed by atoms with Gasteiger partial charge in [-0.2, -0.15) is 0 Å². The molecule has 0 saturated carbocycles. The number of carbonyl (C=O) groups is 2. The Labute approximate surface area is 193 Å². The molecular weight excluding hydrogens is 444 g/mol. The van der Waals surface area contributed by atoms with Gasteiger partial charge in [0.05, 0.1) is 21.7 Å². The first-order valence-corrected chi connectivity index (χ1v) is 10.3. The number of nitro groups is 1. The van der Waals surface area contributed by atoms with E-state index >= 15 is 0 Å². The average molecular weight is 461 g/mol. The summed E-state index contributed by atoms with van der Waals surface area (Å²) in [6.45, 7) is 1.25. The molecule has 0 amide bonds. The van der Waals surface area contributed by atoms with E-state index < -0.39 is 23.3 Å². The number of benzene rings is 3. The number of carbonyl (C=O) groups excluding carboxylic acids is 2. The Morgan fingerprint density at radius 1 is 1.03 bits per heavy atom. The van der Waals surface area contributed by atoms with Gasteiger partial charge in [0.2, 0.25) is 5.78 Å². The maximum Gasteiger partial charge on any atom is 0.339 e. The van der Waals surface area contributed by atoms with Gasteiger partial charge < -0.3 is 4.74 Å². The zero-order chi connectivity index (χ0) is 23.5. The van der Waals surface area contributed by atoms with Gasteiger partial charge in [-0.05, 0) is 24.6 Å². The zero-order valence-corrected chi connectivity index (χ0v) is 18.2. The quantitative estimate of drug-likeness (QED) is 0.156. The molecule has 0 fully saturated rings. The number of fused-ring (bicyclic) bond motifs is 1. The third kappa shape index (κ3) is 4.58. The summed E-state index contributed by atoms with van der Waals surface area (Å²) in [5.74, 6) is -1.26. The highest BCUT2D eigenvalue weighted by atomic mass is 35.5. The van der Waals surface area contributed by atoms with Crippen LogP contribution in [0.4, 0.5) is 5.69 Å². The van der Waals surface area contributed by atoms with Crippen molar-refractivity contribution in [2.24, 2.45) is 0 Å². The first-order valence-electron chi connectivity index (χ1n) is 9.95. The lowest BCUT2D eigenvalue weighted by Gasteiger charge is -2.12. The fourth-order valence-corrected chi connectivity index (χ4v) is 3.57. The monoisotopic (exact) mass is 460 g/mol. The number of nitro benzene ring substituents is 1. The van der Waals surface area contributed by atoms with Crippen LogP contribution in [0.2, 0.25) is 5.02 Å².